The number of carbonyl (C=O) groups is 1. The molecule has 0 radical (unpaired) electrons. The van der Waals surface area contributed by atoms with Gasteiger partial charge in [-0.15, -0.1) is 0 Å². The third kappa shape index (κ3) is 2.72. The fraction of sp³-hybridized carbons (Fsp3) is 0.125. The second-order valence-electron chi connectivity index (χ2n) is 4.75. The predicted molar refractivity (Wildman–Crippen MR) is 81.3 cm³/mol. The van der Waals surface area contributed by atoms with Gasteiger partial charge in [0.15, 0.2) is 0 Å². The molecule has 0 aliphatic rings. The molecule has 0 fully saturated rings. The third-order valence-electron chi connectivity index (χ3n) is 3.38. The number of aromatic nitrogens is 2. The molecule has 0 spiro atoms. The number of benzene rings is 1. The lowest BCUT2D eigenvalue weighted by molar-refractivity contribution is 0.0953. The van der Waals surface area contributed by atoms with Gasteiger partial charge in [0.25, 0.3) is 11.5 Å². The summed E-state index contributed by atoms with van der Waals surface area (Å²) in [6, 6.07) is 11.0. The van der Waals surface area contributed by atoms with Crippen molar-refractivity contribution in [1.82, 2.24) is 14.9 Å². The van der Waals surface area contributed by atoms with E-state index in [1.807, 2.05) is 35.2 Å². The highest BCUT2D eigenvalue weighted by Gasteiger charge is 2.11. The SMILES string of the molecule is O=C(NCCn1cccc1)c1c[nH]c(=O)c2ccccc12. The number of aromatic amines is 1. The molecule has 0 saturated heterocycles. The molecule has 3 rings (SSSR count). The molecule has 2 aromatic heterocycles. The number of amides is 1. The lowest BCUT2D eigenvalue weighted by atomic mass is 10.1. The lowest BCUT2D eigenvalue weighted by Crippen LogP contribution is -2.28. The average Bonchev–Trinajstić information content (AvgIpc) is 3.01. The van der Waals surface area contributed by atoms with Crippen LogP contribution in [0.25, 0.3) is 10.8 Å². The zero-order valence-corrected chi connectivity index (χ0v) is 11.4. The normalized spacial score (nSPS) is 10.7. The van der Waals surface area contributed by atoms with Crippen molar-refractivity contribution in [2.24, 2.45) is 0 Å². The largest absolute Gasteiger partial charge is 0.353 e. The van der Waals surface area contributed by atoms with Gasteiger partial charge in [-0.2, -0.15) is 0 Å². The van der Waals surface area contributed by atoms with Crippen molar-refractivity contribution >= 4 is 16.7 Å². The van der Waals surface area contributed by atoms with Gasteiger partial charge in [-0.1, -0.05) is 18.2 Å². The predicted octanol–water partition coefficient (Wildman–Crippen LogP) is 1.76. The average molecular weight is 281 g/mol. The van der Waals surface area contributed by atoms with Crippen molar-refractivity contribution in [3.05, 3.63) is 70.9 Å². The highest BCUT2D eigenvalue weighted by Crippen LogP contribution is 2.13. The molecule has 21 heavy (non-hydrogen) atoms. The zero-order chi connectivity index (χ0) is 14.7. The van der Waals surface area contributed by atoms with Gasteiger partial charge < -0.3 is 14.9 Å². The first-order valence-corrected chi connectivity index (χ1v) is 6.75. The van der Waals surface area contributed by atoms with Crippen molar-refractivity contribution in [2.75, 3.05) is 6.54 Å². The van der Waals surface area contributed by atoms with Gasteiger partial charge >= 0.3 is 0 Å². The molecular weight excluding hydrogens is 266 g/mol. The fourth-order valence-corrected chi connectivity index (χ4v) is 2.31. The number of hydrogen-bond acceptors (Lipinski definition) is 2. The summed E-state index contributed by atoms with van der Waals surface area (Å²) in [4.78, 5) is 26.6. The van der Waals surface area contributed by atoms with Gasteiger partial charge in [0.1, 0.15) is 0 Å². The van der Waals surface area contributed by atoms with E-state index in [2.05, 4.69) is 10.3 Å². The third-order valence-corrected chi connectivity index (χ3v) is 3.38. The highest BCUT2D eigenvalue weighted by atomic mass is 16.1. The Bertz CT molecular complexity index is 819. The van der Waals surface area contributed by atoms with Crippen LogP contribution in [0, 0.1) is 0 Å². The van der Waals surface area contributed by atoms with Crippen LogP contribution in [0.2, 0.25) is 0 Å². The minimum absolute atomic E-state index is 0.186. The monoisotopic (exact) mass is 281 g/mol. The number of nitrogens with one attached hydrogen (secondary N) is 2. The standard InChI is InChI=1S/C16H15N3O2/c20-15-13-6-2-1-5-12(13)14(11-18-15)16(21)17-7-10-19-8-3-4-9-19/h1-6,8-9,11H,7,10H2,(H,17,21)(H,18,20). The molecular formula is C16H15N3O2. The summed E-state index contributed by atoms with van der Waals surface area (Å²) < 4.78 is 1.99. The second-order valence-corrected chi connectivity index (χ2v) is 4.75. The van der Waals surface area contributed by atoms with Gasteiger partial charge in [0, 0.05) is 42.5 Å². The molecule has 5 nitrogen and oxygen atoms in total. The van der Waals surface area contributed by atoms with E-state index in [0.717, 1.165) is 0 Å². The van der Waals surface area contributed by atoms with Gasteiger partial charge in [-0.05, 0) is 18.2 Å². The summed E-state index contributed by atoms with van der Waals surface area (Å²) >= 11 is 0. The minimum Gasteiger partial charge on any atom is -0.353 e. The zero-order valence-electron chi connectivity index (χ0n) is 11.4. The van der Waals surface area contributed by atoms with Crippen LogP contribution >= 0.6 is 0 Å². The Morgan fingerprint density at radius 3 is 2.57 bits per heavy atom. The van der Waals surface area contributed by atoms with E-state index in [1.165, 1.54) is 6.20 Å². The molecule has 0 unspecified atom stereocenters. The van der Waals surface area contributed by atoms with Crippen LogP contribution in [0.5, 0.6) is 0 Å². The molecule has 0 saturated carbocycles. The second kappa shape index (κ2) is 5.66. The number of pyridine rings is 1. The number of hydrogen-bond donors (Lipinski definition) is 2. The van der Waals surface area contributed by atoms with Crippen molar-refractivity contribution in [2.45, 2.75) is 6.54 Å². The molecule has 1 amide bonds. The first-order chi connectivity index (χ1) is 10.3. The van der Waals surface area contributed by atoms with Gasteiger partial charge in [-0.3, -0.25) is 9.59 Å². The molecule has 0 aliphatic carbocycles. The van der Waals surface area contributed by atoms with Crippen LogP contribution in [0.15, 0.2) is 59.8 Å². The van der Waals surface area contributed by atoms with E-state index in [-0.39, 0.29) is 11.5 Å². The van der Waals surface area contributed by atoms with Gasteiger partial charge in [0.2, 0.25) is 0 Å². The van der Waals surface area contributed by atoms with E-state index in [1.54, 1.807) is 18.2 Å². The Kier molecular flexibility index (Phi) is 3.55. The quantitative estimate of drug-likeness (QED) is 0.765. The van der Waals surface area contributed by atoms with E-state index in [9.17, 15) is 9.59 Å². The maximum absolute atomic E-state index is 12.3. The molecule has 0 aliphatic heterocycles. The molecule has 2 N–H and O–H groups in total. The van der Waals surface area contributed by atoms with Gasteiger partial charge in [0.05, 0.1) is 5.56 Å². The topological polar surface area (TPSA) is 66.9 Å². The molecule has 0 bridgehead atoms. The van der Waals surface area contributed by atoms with Crippen molar-refractivity contribution < 1.29 is 4.79 Å². The van der Waals surface area contributed by atoms with Crippen LogP contribution in [0.4, 0.5) is 0 Å². The van der Waals surface area contributed by atoms with Crippen molar-refractivity contribution in [3.63, 3.8) is 0 Å². The summed E-state index contributed by atoms with van der Waals surface area (Å²) in [5.74, 6) is -0.186. The maximum atomic E-state index is 12.3. The first-order valence-electron chi connectivity index (χ1n) is 6.75. The van der Waals surface area contributed by atoms with Crippen LogP contribution in [-0.2, 0) is 6.54 Å². The minimum atomic E-state index is -0.186. The number of nitrogens with zero attached hydrogens (tertiary/aromatic N) is 1. The summed E-state index contributed by atoms with van der Waals surface area (Å²) in [6.07, 6.45) is 5.36. The summed E-state index contributed by atoms with van der Waals surface area (Å²) in [7, 11) is 0. The van der Waals surface area contributed by atoms with Crippen molar-refractivity contribution in [1.29, 1.82) is 0 Å². The summed E-state index contributed by atoms with van der Waals surface area (Å²) in [6.45, 7) is 1.24. The van der Waals surface area contributed by atoms with Crippen molar-refractivity contribution in [3.8, 4) is 0 Å². The molecule has 2 heterocycles. The van der Waals surface area contributed by atoms with E-state index in [4.69, 9.17) is 0 Å². The van der Waals surface area contributed by atoms with Crippen LogP contribution < -0.4 is 10.9 Å². The first kappa shape index (κ1) is 13.2. The molecule has 3 aromatic rings. The Balaban J connectivity index is 1.78. The smallest absolute Gasteiger partial charge is 0.255 e. The number of H-pyrrole nitrogens is 1. The highest BCUT2D eigenvalue weighted by molar-refractivity contribution is 6.06. The molecule has 5 heteroatoms. The number of carbonyl (C=O) groups excluding carboxylic acids is 1. The Morgan fingerprint density at radius 2 is 1.81 bits per heavy atom. The summed E-state index contributed by atoms with van der Waals surface area (Å²) in [5.41, 5.74) is 0.298. The summed E-state index contributed by atoms with van der Waals surface area (Å²) in [5, 5.41) is 4.06. The van der Waals surface area contributed by atoms with E-state index >= 15 is 0 Å². The molecule has 106 valence electrons. The number of rotatable bonds is 4. The Hall–Kier alpha value is -2.82. The molecule has 1 aromatic carbocycles. The Morgan fingerprint density at radius 1 is 1.10 bits per heavy atom. The van der Waals surface area contributed by atoms with E-state index in [0.29, 0.717) is 29.4 Å². The Labute approximate surface area is 121 Å². The van der Waals surface area contributed by atoms with Crippen LogP contribution in [-0.4, -0.2) is 22.0 Å². The maximum Gasteiger partial charge on any atom is 0.255 e. The van der Waals surface area contributed by atoms with Crippen LogP contribution in [0.1, 0.15) is 10.4 Å². The number of fused-ring (bicyclic) bond motifs is 1. The fourth-order valence-electron chi connectivity index (χ4n) is 2.31. The lowest BCUT2D eigenvalue weighted by Gasteiger charge is -2.08. The van der Waals surface area contributed by atoms with Gasteiger partial charge in [-0.25, -0.2) is 0 Å². The van der Waals surface area contributed by atoms with Crippen LogP contribution in [0.3, 0.4) is 0 Å². The van der Waals surface area contributed by atoms with E-state index < -0.39 is 0 Å². The molecule has 0 atom stereocenters.